The number of amides is 1. The van der Waals surface area contributed by atoms with Crippen molar-refractivity contribution in [2.45, 2.75) is 12.8 Å². The number of carbonyl (C=O) groups is 1. The monoisotopic (exact) mass is 292 g/mol. The number of nitrogens with one attached hydrogen (secondary N) is 1. The molecule has 1 amide bonds. The van der Waals surface area contributed by atoms with E-state index in [2.05, 4.69) is 5.32 Å². The Kier molecular flexibility index (Phi) is 5.44. The summed E-state index contributed by atoms with van der Waals surface area (Å²) in [5, 5.41) is 3.21. The molecule has 5 heteroatoms. The van der Waals surface area contributed by atoms with Gasteiger partial charge in [0.2, 0.25) is 0 Å². The molecule has 0 aliphatic carbocycles. The zero-order chi connectivity index (χ0) is 15.2. The fraction of sp³-hybridized carbons (Fsp3) is 0.562. The van der Waals surface area contributed by atoms with E-state index in [1.54, 1.807) is 32.4 Å². The van der Waals surface area contributed by atoms with Gasteiger partial charge < -0.3 is 19.7 Å². The molecular weight excluding hydrogens is 268 g/mol. The van der Waals surface area contributed by atoms with Gasteiger partial charge in [-0.25, -0.2) is 0 Å². The number of carbonyl (C=O) groups excluding carboxylic acids is 1. The molecule has 1 heterocycles. The molecule has 0 unspecified atom stereocenters. The Morgan fingerprint density at radius 2 is 1.90 bits per heavy atom. The fourth-order valence-electron chi connectivity index (χ4n) is 2.78. The van der Waals surface area contributed by atoms with Crippen LogP contribution in [0.2, 0.25) is 0 Å². The van der Waals surface area contributed by atoms with Gasteiger partial charge in [0.05, 0.1) is 14.2 Å². The number of nitrogens with zero attached hydrogens (tertiary/aromatic N) is 1. The van der Waals surface area contributed by atoms with Crippen LogP contribution < -0.4 is 14.8 Å². The molecule has 1 aliphatic rings. The van der Waals surface area contributed by atoms with E-state index >= 15 is 0 Å². The molecule has 21 heavy (non-hydrogen) atoms. The number of piperidine rings is 1. The summed E-state index contributed by atoms with van der Waals surface area (Å²) >= 11 is 0. The van der Waals surface area contributed by atoms with Gasteiger partial charge in [0.1, 0.15) is 0 Å². The highest BCUT2D eigenvalue weighted by molar-refractivity contribution is 5.95. The summed E-state index contributed by atoms with van der Waals surface area (Å²) < 4.78 is 10.5. The third-order valence-electron chi connectivity index (χ3n) is 4.03. The number of benzene rings is 1. The molecule has 0 atom stereocenters. The smallest absolute Gasteiger partial charge is 0.253 e. The third kappa shape index (κ3) is 3.67. The summed E-state index contributed by atoms with van der Waals surface area (Å²) in [6, 6.07) is 5.32. The first-order valence-corrected chi connectivity index (χ1v) is 7.35. The molecule has 1 saturated heterocycles. The molecule has 0 spiro atoms. The van der Waals surface area contributed by atoms with Crippen LogP contribution in [0.25, 0.3) is 0 Å². The van der Waals surface area contributed by atoms with Crippen LogP contribution in [0.5, 0.6) is 11.5 Å². The maximum atomic E-state index is 12.5. The Balaban J connectivity index is 2.04. The quantitative estimate of drug-likeness (QED) is 0.899. The zero-order valence-electron chi connectivity index (χ0n) is 13.0. The van der Waals surface area contributed by atoms with Crippen LogP contribution in [-0.4, -0.2) is 51.7 Å². The highest BCUT2D eigenvalue weighted by Crippen LogP contribution is 2.28. The van der Waals surface area contributed by atoms with Crippen molar-refractivity contribution in [3.63, 3.8) is 0 Å². The maximum Gasteiger partial charge on any atom is 0.253 e. The highest BCUT2D eigenvalue weighted by Gasteiger charge is 2.23. The first-order valence-electron chi connectivity index (χ1n) is 7.35. The topological polar surface area (TPSA) is 50.8 Å². The Hall–Kier alpha value is -1.75. The van der Waals surface area contributed by atoms with E-state index in [0.717, 1.165) is 32.5 Å². The molecule has 0 bridgehead atoms. The minimum atomic E-state index is 0.0684. The van der Waals surface area contributed by atoms with Crippen LogP contribution in [0.15, 0.2) is 18.2 Å². The van der Waals surface area contributed by atoms with Gasteiger partial charge in [-0.05, 0) is 50.6 Å². The molecule has 1 N–H and O–H groups in total. The van der Waals surface area contributed by atoms with E-state index in [9.17, 15) is 4.79 Å². The van der Waals surface area contributed by atoms with Crippen LogP contribution in [0.3, 0.4) is 0 Å². The Morgan fingerprint density at radius 1 is 1.24 bits per heavy atom. The van der Waals surface area contributed by atoms with Crippen molar-refractivity contribution in [3.05, 3.63) is 23.8 Å². The lowest BCUT2D eigenvalue weighted by Crippen LogP contribution is -2.40. The molecule has 5 nitrogen and oxygen atoms in total. The van der Waals surface area contributed by atoms with Gasteiger partial charge in [0.25, 0.3) is 5.91 Å². The van der Waals surface area contributed by atoms with Crippen molar-refractivity contribution >= 4 is 5.91 Å². The van der Waals surface area contributed by atoms with Crippen LogP contribution >= 0.6 is 0 Å². The van der Waals surface area contributed by atoms with Gasteiger partial charge in [0.15, 0.2) is 11.5 Å². The van der Waals surface area contributed by atoms with Gasteiger partial charge in [-0.2, -0.15) is 0 Å². The summed E-state index contributed by atoms with van der Waals surface area (Å²) in [6.07, 6.45) is 2.11. The van der Waals surface area contributed by atoms with Gasteiger partial charge in [-0.1, -0.05) is 0 Å². The van der Waals surface area contributed by atoms with E-state index in [-0.39, 0.29) is 5.91 Å². The first kappa shape index (κ1) is 15.6. The lowest BCUT2D eigenvalue weighted by Gasteiger charge is -2.32. The predicted molar refractivity (Wildman–Crippen MR) is 82.1 cm³/mol. The van der Waals surface area contributed by atoms with E-state index in [4.69, 9.17) is 9.47 Å². The van der Waals surface area contributed by atoms with E-state index in [1.807, 2.05) is 11.9 Å². The Labute approximate surface area is 126 Å². The number of likely N-dealkylation sites (tertiary alicyclic amines) is 1. The minimum absolute atomic E-state index is 0.0684. The average Bonchev–Trinajstić information content (AvgIpc) is 2.54. The molecule has 0 saturated carbocycles. The van der Waals surface area contributed by atoms with Crippen molar-refractivity contribution in [1.29, 1.82) is 0 Å². The van der Waals surface area contributed by atoms with E-state index in [0.29, 0.717) is 23.0 Å². The maximum absolute atomic E-state index is 12.5. The standard InChI is InChI=1S/C16H24N2O3/c1-17-11-12-6-8-18(9-7-12)16(19)13-4-5-14(20-2)15(10-13)21-3/h4-5,10,12,17H,6-9,11H2,1-3H3. The number of methoxy groups -OCH3 is 2. The predicted octanol–water partition coefficient (Wildman–Crippen LogP) is 1.78. The van der Waals surface area contributed by atoms with Crippen molar-refractivity contribution in [1.82, 2.24) is 10.2 Å². The normalized spacial score (nSPS) is 15.9. The summed E-state index contributed by atoms with van der Waals surface area (Å²) in [5.74, 6) is 1.97. The number of hydrogen-bond acceptors (Lipinski definition) is 4. The SMILES string of the molecule is CNCC1CCN(C(=O)c2ccc(OC)c(OC)c2)CC1. The highest BCUT2D eigenvalue weighted by atomic mass is 16.5. The Bertz CT molecular complexity index is 482. The lowest BCUT2D eigenvalue weighted by molar-refractivity contribution is 0.0690. The van der Waals surface area contributed by atoms with Gasteiger partial charge in [0, 0.05) is 18.7 Å². The molecule has 1 fully saturated rings. The summed E-state index contributed by atoms with van der Waals surface area (Å²) in [6.45, 7) is 2.66. The molecule has 1 aromatic carbocycles. The van der Waals surface area contributed by atoms with Crippen LogP contribution in [-0.2, 0) is 0 Å². The van der Waals surface area contributed by atoms with E-state index < -0.39 is 0 Å². The van der Waals surface area contributed by atoms with Crippen LogP contribution in [0.1, 0.15) is 23.2 Å². The molecule has 1 aromatic rings. The second kappa shape index (κ2) is 7.31. The molecular formula is C16H24N2O3. The van der Waals surface area contributed by atoms with Gasteiger partial charge in [-0.15, -0.1) is 0 Å². The zero-order valence-corrected chi connectivity index (χ0v) is 13.0. The fourth-order valence-corrected chi connectivity index (χ4v) is 2.78. The van der Waals surface area contributed by atoms with Crippen molar-refractivity contribution in [3.8, 4) is 11.5 Å². The van der Waals surface area contributed by atoms with Gasteiger partial charge >= 0.3 is 0 Å². The molecule has 116 valence electrons. The summed E-state index contributed by atoms with van der Waals surface area (Å²) in [7, 11) is 5.14. The molecule has 1 aliphatic heterocycles. The number of hydrogen-bond donors (Lipinski definition) is 1. The number of rotatable bonds is 5. The average molecular weight is 292 g/mol. The third-order valence-corrected chi connectivity index (χ3v) is 4.03. The van der Waals surface area contributed by atoms with Crippen molar-refractivity contribution in [2.24, 2.45) is 5.92 Å². The van der Waals surface area contributed by atoms with Gasteiger partial charge in [-0.3, -0.25) is 4.79 Å². The largest absolute Gasteiger partial charge is 0.493 e. The van der Waals surface area contributed by atoms with E-state index in [1.165, 1.54) is 0 Å². The Morgan fingerprint density at radius 3 is 2.48 bits per heavy atom. The molecule has 0 radical (unpaired) electrons. The molecule has 0 aromatic heterocycles. The second-order valence-electron chi connectivity index (χ2n) is 5.36. The summed E-state index contributed by atoms with van der Waals surface area (Å²) in [4.78, 5) is 14.5. The minimum Gasteiger partial charge on any atom is -0.493 e. The number of ether oxygens (including phenoxy) is 2. The molecule has 2 rings (SSSR count). The van der Waals surface area contributed by atoms with Crippen molar-refractivity contribution in [2.75, 3.05) is 40.9 Å². The summed E-state index contributed by atoms with van der Waals surface area (Å²) in [5.41, 5.74) is 0.653. The van der Waals surface area contributed by atoms with Crippen LogP contribution in [0, 0.1) is 5.92 Å². The van der Waals surface area contributed by atoms with Crippen LogP contribution in [0.4, 0.5) is 0 Å². The van der Waals surface area contributed by atoms with Crippen molar-refractivity contribution < 1.29 is 14.3 Å². The first-order chi connectivity index (χ1) is 10.2. The second-order valence-corrected chi connectivity index (χ2v) is 5.36. The lowest BCUT2D eigenvalue weighted by atomic mass is 9.96.